The maximum absolute atomic E-state index is 9.68. The lowest BCUT2D eigenvalue weighted by atomic mass is 9.82. The predicted octanol–water partition coefficient (Wildman–Crippen LogP) is 1.73. The first kappa shape index (κ1) is 13.3. The van der Waals surface area contributed by atoms with Crippen molar-refractivity contribution in [2.45, 2.75) is 38.4 Å². The summed E-state index contributed by atoms with van der Waals surface area (Å²) >= 11 is 0. The number of anilines is 1. The van der Waals surface area contributed by atoms with Gasteiger partial charge in [0, 0.05) is 13.6 Å². The zero-order valence-electron chi connectivity index (χ0n) is 11.1. The number of hydrogen-bond donors (Lipinski definition) is 2. The van der Waals surface area contributed by atoms with E-state index in [9.17, 15) is 10.2 Å². The van der Waals surface area contributed by atoms with E-state index in [-0.39, 0.29) is 6.10 Å². The molecule has 18 heavy (non-hydrogen) atoms. The number of nitrogens with zero attached hydrogens (tertiary/aromatic N) is 2. The van der Waals surface area contributed by atoms with Crippen molar-refractivity contribution in [3.8, 4) is 0 Å². The summed E-state index contributed by atoms with van der Waals surface area (Å²) in [7, 11) is 2.04. The molecule has 2 N–H and O–H groups in total. The van der Waals surface area contributed by atoms with Crippen LogP contribution in [-0.2, 0) is 0 Å². The lowest BCUT2D eigenvalue weighted by molar-refractivity contribution is 0.0465. The molecule has 1 aliphatic carbocycles. The molecule has 1 aromatic heterocycles. The summed E-state index contributed by atoms with van der Waals surface area (Å²) in [6, 6.07) is 3.88. The van der Waals surface area contributed by atoms with Crippen LogP contribution in [0, 0.1) is 5.92 Å². The van der Waals surface area contributed by atoms with Gasteiger partial charge in [0.15, 0.2) is 0 Å². The van der Waals surface area contributed by atoms with Crippen LogP contribution in [0.1, 0.15) is 38.0 Å². The maximum Gasteiger partial charge on any atom is 0.0957 e. The average molecular weight is 250 g/mol. The first-order chi connectivity index (χ1) is 8.60. The highest BCUT2D eigenvalue weighted by Crippen LogP contribution is 2.29. The largest absolute Gasteiger partial charge is 0.393 e. The number of pyridine rings is 1. The Bertz CT molecular complexity index is 374. The lowest BCUT2D eigenvalue weighted by Crippen LogP contribution is -2.37. The van der Waals surface area contributed by atoms with E-state index < -0.39 is 6.10 Å². The fourth-order valence-corrected chi connectivity index (χ4v) is 2.37. The van der Waals surface area contributed by atoms with Gasteiger partial charge in [-0.3, -0.25) is 4.98 Å². The van der Waals surface area contributed by atoms with Crippen molar-refractivity contribution in [1.29, 1.82) is 0 Å². The molecule has 1 aliphatic rings. The molecule has 0 saturated heterocycles. The molecule has 1 fully saturated rings. The normalized spacial score (nSPS) is 24.4. The van der Waals surface area contributed by atoms with E-state index in [0.717, 1.165) is 30.8 Å². The lowest BCUT2D eigenvalue weighted by Gasteiger charge is -2.35. The van der Waals surface area contributed by atoms with E-state index >= 15 is 0 Å². The van der Waals surface area contributed by atoms with E-state index in [0.29, 0.717) is 12.3 Å². The van der Waals surface area contributed by atoms with Gasteiger partial charge >= 0.3 is 0 Å². The van der Waals surface area contributed by atoms with Crippen LogP contribution < -0.4 is 4.90 Å². The molecule has 0 aliphatic heterocycles. The van der Waals surface area contributed by atoms with E-state index in [1.165, 1.54) is 0 Å². The second-order valence-electron chi connectivity index (χ2n) is 5.24. The third kappa shape index (κ3) is 3.00. The monoisotopic (exact) mass is 250 g/mol. The quantitative estimate of drug-likeness (QED) is 0.835. The molecule has 0 bridgehead atoms. The molecule has 0 radical (unpaired) electrons. The van der Waals surface area contributed by atoms with Crippen LogP contribution in [0.25, 0.3) is 0 Å². The SMILES string of the molecule is CCC(O)c1ccc(N(C)CC2CC(O)C2)cn1. The number of rotatable bonds is 5. The van der Waals surface area contributed by atoms with E-state index in [1.54, 1.807) is 0 Å². The van der Waals surface area contributed by atoms with Crippen molar-refractivity contribution in [2.75, 3.05) is 18.5 Å². The minimum Gasteiger partial charge on any atom is -0.393 e. The molecule has 0 spiro atoms. The summed E-state index contributed by atoms with van der Waals surface area (Å²) in [6.45, 7) is 2.89. The molecule has 100 valence electrons. The Labute approximate surface area is 108 Å². The van der Waals surface area contributed by atoms with Gasteiger partial charge in [0.05, 0.1) is 29.8 Å². The topological polar surface area (TPSA) is 56.6 Å². The van der Waals surface area contributed by atoms with Gasteiger partial charge in [0.25, 0.3) is 0 Å². The summed E-state index contributed by atoms with van der Waals surface area (Å²) in [5.74, 6) is 0.589. The van der Waals surface area contributed by atoms with Gasteiger partial charge in [-0.2, -0.15) is 0 Å². The number of aliphatic hydroxyl groups is 2. The summed E-state index contributed by atoms with van der Waals surface area (Å²) in [5, 5.41) is 18.9. The van der Waals surface area contributed by atoms with Crippen molar-refractivity contribution in [3.05, 3.63) is 24.0 Å². The smallest absolute Gasteiger partial charge is 0.0957 e. The van der Waals surface area contributed by atoms with Crippen molar-refractivity contribution >= 4 is 5.69 Å². The van der Waals surface area contributed by atoms with Crippen molar-refractivity contribution in [2.24, 2.45) is 5.92 Å². The Kier molecular flexibility index (Phi) is 4.19. The van der Waals surface area contributed by atoms with Crippen LogP contribution in [0.2, 0.25) is 0 Å². The zero-order valence-corrected chi connectivity index (χ0v) is 11.1. The molecular weight excluding hydrogens is 228 g/mol. The van der Waals surface area contributed by atoms with E-state index in [1.807, 2.05) is 32.3 Å². The van der Waals surface area contributed by atoms with E-state index in [2.05, 4.69) is 9.88 Å². The Morgan fingerprint density at radius 1 is 1.44 bits per heavy atom. The van der Waals surface area contributed by atoms with Crippen LogP contribution >= 0.6 is 0 Å². The number of hydrogen-bond acceptors (Lipinski definition) is 4. The predicted molar refractivity (Wildman–Crippen MR) is 71.5 cm³/mol. The highest BCUT2D eigenvalue weighted by Gasteiger charge is 2.28. The van der Waals surface area contributed by atoms with Gasteiger partial charge in [-0.15, -0.1) is 0 Å². The average Bonchev–Trinajstić information content (AvgIpc) is 2.36. The second kappa shape index (κ2) is 5.67. The van der Waals surface area contributed by atoms with Gasteiger partial charge in [0.2, 0.25) is 0 Å². The second-order valence-corrected chi connectivity index (χ2v) is 5.24. The first-order valence-corrected chi connectivity index (χ1v) is 6.63. The molecule has 4 heteroatoms. The molecule has 1 heterocycles. The molecule has 0 amide bonds. The Morgan fingerprint density at radius 3 is 2.67 bits per heavy atom. The van der Waals surface area contributed by atoms with Gasteiger partial charge in [-0.1, -0.05) is 6.92 Å². The van der Waals surface area contributed by atoms with Crippen LogP contribution in [0.15, 0.2) is 18.3 Å². The van der Waals surface area contributed by atoms with Crippen molar-refractivity contribution < 1.29 is 10.2 Å². The molecule has 1 unspecified atom stereocenters. The zero-order chi connectivity index (χ0) is 13.1. The van der Waals surface area contributed by atoms with Crippen molar-refractivity contribution in [3.63, 3.8) is 0 Å². The number of aromatic nitrogens is 1. The highest BCUT2D eigenvalue weighted by atomic mass is 16.3. The third-order valence-corrected chi connectivity index (χ3v) is 3.68. The fourth-order valence-electron chi connectivity index (χ4n) is 2.37. The minimum atomic E-state index is -0.467. The minimum absolute atomic E-state index is 0.0939. The molecule has 0 aromatic carbocycles. The van der Waals surface area contributed by atoms with E-state index in [4.69, 9.17) is 0 Å². The Morgan fingerprint density at radius 2 is 2.17 bits per heavy atom. The maximum atomic E-state index is 9.68. The van der Waals surface area contributed by atoms with Crippen LogP contribution in [-0.4, -0.2) is 34.9 Å². The summed E-state index contributed by atoms with van der Waals surface area (Å²) < 4.78 is 0. The molecule has 1 atom stereocenters. The molecular formula is C14H22N2O2. The first-order valence-electron chi connectivity index (χ1n) is 6.63. The van der Waals surface area contributed by atoms with Crippen LogP contribution in [0.4, 0.5) is 5.69 Å². The van der Waals surface area contributed by atoms with Crippen LogP contribution in [0.3, 0.4) is 0 Å². The van der Waals surface area contributed by atoms with Gasteiger partial charge in [0.1, 0.15) is 0 Å². The number of aliphatic hydroxyl groups excluding tert-OH is 2. The summed E-state index contributed by atoms with van der Waals surface area (Å²) in [6.07, 6.45) is 3.75. The van der Waals surface area contributed by atoms with Crippen molar-refractivity contribution in [1.82, 2.24) is 4.98 Å². The highest BCUT2D eigenvalue weighted by molar-refractivity contribution is 5.44. The fraction of sp³-hybridized carbons (Fsp3) is 0.643. The Hall–Kier alpha value is -1.13. The van der Waals surface area contributed by atoms with Gasteiger partial charge in [-0.25, -0.2) is 0 Å². The Balaban J connectivity index is 1.92. The molecule has 4 nitrogen and oxygen atoms in total. The molecule has 1 aromatic rings. The third-order valence-electron chi connectivity index (χ3n) is 3.68. The van der Waals surface area contributed by atoms with Crippen LogP contribution in [0.5, 0.6) is 0 Å². The summed E-state index contributed by atoms with van der Waals surface area (Å²) in [5.41, 5.74) is 1.79. The van der Waals surface area contributed by atoms with Gasteiger partial charge < -0.3 is 15.1 Å². The molecule has 1 saturated carbocycles. The van der Waals surface area contributed by atoms with Gasteiger partial charge in [-0.05, 0) is 37.3 Å². The molecule has 2 rings (SSSR count). The summed E-state index contributed by atoms with van der Waals surface area (Å²) in [4.78, 5) is 6.45. The standard InChI is InChI=1S/C14H22N2O2/c1-3-14(18)13-5-4-11(8-15-13)16(2)9-10-6-12(17)7-10/h4-5,8,10,12,14,17-18H,3,6-7,9H2,1-2H3.